The number of ether oxygens (including phenoxy) is 1. The number of carbonyl (C=O) groups is 3. The molecule has 2 aromatic carbocycles. The molecule has 0 radical (unpaired) electrons. The lowest BCUT2D eigenvalue weighted by molar-refractivity contribution is -0.153. The second-order valence-electron chi connectivity index (χ2n) is 7.79. The van der Waals surface area contributed by atoms with Crippen molar-refractivity contribution in [3.8, 4) is 0 Å². The van der Waals surface area contributed by atoms with Crippen molar-refractivity contribution in [2.75, 3.05) is 19.7 Å². The predicted octanol–water partition coefficient (Wildman–Crippen LogP) is 2.43. The van der Waals surface area contributed by atoms with Gasteiger partial charge in [-0.3, -0.25) is 0 Å². The molecule has 0 aliphatic heterocycles. The molecule has 0 saturated heterocycles. The smallest absolute Gasteiger partial charge is 0.336 e. The molecule has 0 unspecified atom stereocenters. The molecule has 8 heteroatoms. The molecular formula is C23H30N2O6. The summed E-state index contributed by atoms with van der Waals surface area (Å²) in [7, 11) is 0. The molecular weight excluding hydrogens is 400 g/mol. The largest absolute Gasteiger partial charge is 0.480 e. The zero-order chi connectivity index (χ0) is 23.0. The predicted molar refractivity (Wildman–Crippen MR) is 117 cm³/mol. The zero-order valence-electron chi connectivity index (χ0n) is 18.1. The number of carboxylic acids is 1. The van der Waals surface area contributed by atoms with Crippen molar-refractivity contribution in [3.63, 3.8) is 0 Å². The number of nitrogens with zero attached hydrogens (tertiary/aromatic N) is 1. The molecule has 0 bridgehead atoms. The molecule has 3 N–H and O–H groups in total. The SMILES string of the molecule is CCOC(=O)[C@@H](O)CN(CC(C)C)C(=O)N[C@@H](Cc1ccc2ccccc2c1)C(=O)O. The number of fused-ring (bicyclic) bond motifs is 1. The number of rotatable bonds is 10. The first-order chi connectivity index (χ1) is 14.7. The van der Waals surface area contributed by atoms with Crippen LogP contribution in [-0.4, -0.2) is 64.9 Å². The van der Waals surface area contributed by atoms with Gasteiger partial charge < -0.3 is 25.2 Å². The van der Waals surface area contributed by atoms with E-state index in [0.717, 1.165) is 16.3 Å². The minimum absolute atomic E-state index is 0.0453. The summed E-state index contributed by atoms with van der Waals surface area (Å²) in [5.74, 6) is -1.95. The number of hydrogen-bond acceptors (Lipinski definition) is 5. The second-order valence-corrected chi connectivity index (χ2v) is 7.79. The lowest BCUT2D eigenvalue weighted by atomic mass is 10.0. The van der Waals surface area contributed by atoms with E-state index in [1.54, 1.807) is 6.92 Å². The number of carbonyl (C=O) groups excluding carboxylic acids is 2. The molecule has 8 nitrogen and oxygen atoms in total. The highest BCUT2D eigenvalue weighted by Gasteiger charge is 2.27. The molecule has 0 aliphatic carbocycles. The molecule has 2 atom stereocenters. The normalized spacial score (nSPS) is 12.9. The Balaban J connectivity index is 2.12. The highest BCUT2D eigenvalue weighted by atomic mass is 16.5. The Morgan fingerprint density at radius 3 is 2.35 bits per heavy atom. The maximum atomic E-state index is 12.8. The standard InChI is InChI=1S/C23H30N2O6/c1-4-31-22(29)20(26)14-25(13-15(2)3)23(30)24-19(21(27)28)12-16-9-10-17-7-5-6-8-18(17)11-16/h5-11,15,19-20,26H,4,12-14H2,1-3H3,(H,24,30)(H,27,28)/t19-,20-/m0/s1. The van der Waals surface area contributed by atoms with Gasteiger partial charge in [0, 0.05) is 13.0 Å². The molecule has 0 aliphatic rings. The molecule has 0 aromatic heterocycles. The van der Waals surface area contributed by atoms with Crippen LogP contribution in [-0.2, 0) is 20.7 Å². The number of aliphatic hydroxyl groups excluding tert-OH is 1. The molecule has 0 saturated carbocycles. The van der Waals surface area contributed by atoms with Gasteiger partial charge in [-0.05, 0) is 29.2 Å². The quantitative estimate of drug-likeness (QED) is 0.499. The summed E-state index contributed by atoms with van der Waals surface area (Å²) in [6.45, 7) is 5.43. The summed E-state index contributed by atoms with van der Waals surface area (Å²) >= 11 is 0. The van der Waals surface area contributed by atoms with Crippen molar-refractivity contribution in [2.24, 2.45) is 5.92 Å². The summed E-state index contributed by atoms with van der Waals surface area (Å²) < 4.78 is 4.78. The van der Waals surface area contributed by atoms with Crippen LogP contribution in [0.3, 0.4) is 0 Å². The first-order valence-corrected chi connectivity index (χ1v) is 10.3. The van der Waals surface area contributed by atoms with E-state index in [4.69, 9.17) is 4.74 Å². The Labute approximate surface area is 181 Å². The van der Waals surface area contributed by atoms with Crippen LogP contribution >= 0.6 is 0 Å². The number of hydrogen-bond donors (Lipinski definition) is 3. The highest BCUT2D eigenvalue weighted by Crippen LogP contribution is 2.17. The summed E-state index contributed by atoms with van der Waals surface area (Å²) in [5.41, 5.74) is 0.772. The topological polar surface area (TPSA) is 116 Å². The third-order valence-electron chi connectivity index (χ3n) is 4.67. The molecule has 2 amide bonds. The minimum atomic E-state index is -1.51. The molecule has 168 valence electrons. The molecule has 2 aromatic rings. The van der Waals surface area contributed by atoms with E-state index in [2.05, 4.69) is 5.32 Å². The van der Waals surface area contributed by atoms with E-state index in [9.17, 15) is 24.6 Å². The maximum absolute atomic E-state index is 12.8. The summed E-state index contributed by atoms with van der Waals surface area (Å²) in [5, 5.41) is 24.2. The maximum Gasteiger partial charge on any atom is 0.336 e. The fraction of sp³-hybridized carbons (Fsp3) is 0.435. The van der Waals surface area contributed by atoms with Gasteiger partial charge in [0.2, 0.25) is 0 Å². The van der Waals surface area contributed by atoms with Crippen LogP contribution in [0.25, 0.3) is 10.8 Å². The number of aliphatic hydroxyl groups is 1. The van der Waals surface area contributed by atoms with Gasteiger partial charge in [-0.2, -0.15) is 0 Å². The van der Waals surface area contributed by atoms with Gasteiger partial charge in [0.1, 0.15) is 6.04 Å². The van der Waals surface area contributed by atoms with E-state index >= 15 is 0 Å². The van der Waals surface area contributed by atoms with Gasteiger partial charge in [-0.15, -0.1) is 0 Å². The molecule has 31 heavy (non-hydrogen) atoms. The number of urea groups is 1. The van der Waals surface area contributed by atoms with Gasteiger partial charge >= 0.3 is 18.0 Å². The Bertz CT molecular complexity index is 914. The van der Waals surface area contributed by atoms with Crippen molar-refractivity contribution < 1.29 is 29.3 Å². The van der Waals surface area contributed by atoms with Crippen molar-refractivity contribution in [1.82, 2.24) is 10.2 Å². The summed E-state index contributed by atoms with van der Waals surface area (Å²) in [6.07, 6.45) is -1.41. The van der Waals surface area contributed by atoms with Crippen molar-refractivity contribution in [1.29, 1.82) is 0 Å². The summed E-state index contributed by atoms with van der Waals surface area (Å²) in [6, 6.07) is 11.6. The van der Waals surface area contributed by atoms with Gasteiger partial charge in [0.05, 0.1) is 13.2 Å². The Morgan fingerprint density at radius 1 is 1.06 bits per heavy atom. The van der Waals surface area contributed by atoms with Crippen molar-refractivity contribution in [2.45, 2.75) is 39.3 Å². The Hall–Kier alpha value is -3.13. The Morgan fingerprint density at radius 2 is 1.74 bits per heavy atom. The van der Waals surface area contributed by atoms with Crippen LogP contribution in [0.2, 0.25) is 0 Å². The lowest BCUT2D eigenvalue weighted by Gasteiger charge is -2.28. The number of carboxylic acid groups (broad SMARTS) is 1. The van der Waals surface area contributed by atoms with Gasteiger partial charge in [0.25, 0.3) is 0 Å². The van der Waals surface area contributed by atoms with Crippen LogP contribution in [0, 0.1) is 5.92 Å². The van der Waals surface area contributed by atoms with E-state index in [-0.39, 0.29) is 32.0 Å². The zero-order valence-corrected chi connectivity index (χ0v) is 18.1. The Kier molecular flexibility index (Phi) is 8.81. The number of nitrogens with one attached hydrogen (secondary N) is 1. The minimum Gasteiger partial charge on any atom is -0.480 e. The first-order valence-electron chi connectivity index (χ1n) is 10.3. The fourth-order valence-corrected chi connectivity index (χ4v) is 3.24. The van der Waals surface area contributed by atoms with Crippen LogP contribution in [0.1, 0.15) is 26.3 Å². The van der Waals surface area contributed by atoms with Crippen molar-refractivity contribution >= 4 is 28.7 Å². The monoisotopic (exact) mass is 430 g/mol. The van der Waals surface area contributed by atoms with Gasteiger partial charge in [-0.1, -0.05) is 56.3 Å². The average Bonchev–Trinajstić information content (AvgIpc) is 2.72. The van der Waals surface area contributed by atoms with Crippen LogP contribution in [0.5, 0.6) is 0 Å². The van der Waals surface area contributed by atoms with E-state index in [0.29, 0.717) is 0 Å². The van der Waals surface area contributed by atoms with Gasteiger partial charge in [-0.25, -0.2) is 14.4 Å². The van der Waals surface area contributed by atoms with Crippen LogP contribution in [0.4, 0.5) is 4.79 Å². The number of aliphatic carboxylic acids is 1. The number of esters is 1. The highest BCUT2D eigenvalue weighted by molar-refractivity contribution is 5.85. The van der Waals surface area contributed by atoms with Crippen LogP contribution < -0.4 is 5.32 Å². The second kappa shape index (κ2) is 11.3. The van der Waals surface area contributed by atoms with Crippen molar-refractivity contribution in [3.05, 3.63) is 48.0 Å². The lowest BCUT2D eigenvalue weighted by Crippen LogP contribution is -2.52. The van der Waals surface area contributed by atoms with E-state index < -0.39 is 30.1 Å². The average molecular weight is 431 g/mol. The first kappa shape index (κ1) is 24.1. The molecule has 0 heterocycles. The van der Waals surface area contributed by atoms with Gasteiger partial charge in [0.15, 0.2) is 6.10 Å². The number of benzene rings is 2. The van der Waals surface area contributed by atoms with E-state index in [1.165, 1.54) is 4.90 Å². The van der Waals surface area contributed by atoms with Crippen LogP contribution in [0.15, 0.2) is 42.5 Å². The molecule has 0 spiro atoms. The number of amides is 2. The third kappa shape index (κ3) is 7.25. The molecule has 2 rings (SSSR count). The third-order valence-corrected chi connectivity index (χ3v) is 4.67. The molecule has 0 fully saturated rings. The van der Waals surface area contributed by atoms with E-state index in [1.807, 2.05) is 56.3 Å². The summed E-state index contributed by atoms with van der Waals surface area (Å²) in [4.78, 5) is 37.6. The fourth-order valence-electron chi connectivity index (χ4n) is 3.24.